The number of benzene rings is 1. The molecule has 0 aliphatic rings. The molecular weight excluding hydrogens is 246 g/mol. The number of nitrogens with two attached hydrogens (primary N) is 1. The first-order valence-corrected chi connectivity index (χ1v) is 5.27. The summed E-state index contributed by atoms with van der Waals surface area (Å²) >= 11 is 5.47. The zero-order valence-electron chi connectivity index (χ0n) is 8.70. The van der Waals surface area contributed by atoms with E-state index in [4.69, 9.17) is 17.3 Å². The molecule has 2 aromatic rings. The highest BCUT2D eigenvalue weighted by molar-refractivity contribution is 6.30. The van der Waals surface area contributed by atoms with Gasteiger partial charge < -0.3 is 5.73 Å². The van der Waals surface area contributed by atoms with Crippen molar-refractivity contribution < 1.29 is 8.78 Å². The van der Waals surface area contributed by atoms with Crippen molar-refractivity contribution in [1.82, 2.24) is 4.98 Å². The smallest absolute Gasteiger partial charge is 0.142 e. The predicted molar refractivity (Wildman–Crippen MR) is 61.6 cm³/mol. The zero-order valence-corrected chi connectivity index (χ0v) is 9.46. The largest absolute Gasteiger partial charge is 0.320 e. The van der Waals surface area contributed by atoms with E-state index in [9.17, 15) is 8.78 Å². The fourth-order valence-corrected chi connectivity index (χ4v) is 1.67. The Bertz CT molecular complexity index is 532. The van der Waals surface area contributed by atoms with Crippen LogP contribution in [0.1, 0.15) is 17.2 Å². The van der Waals surface area contributed by atoms with E-state index in [1.165, 1.54) is 6.20 Å². The van der Waals surface area contributed by atoms with Crippen LogP contribution in [0.5, 0.6) is 0 Å². The third-order valence-electron chi connectivity index (χ3n) is 2.42. The summed E-state index contributed by atoms with van der Waals surface area (Å²) in [6, 6.07) is 4.54. The molecule has 0 amide bonds. The highest BCUT2D eigenvalue weighted by atomic mass is 35.5. The average Bonchev–Trinajstić information content (AvgIpc) is 2.34. The van der Waals surface area contributed by atoms with E-state index >= 15 is 0 Å². The van der Waals surface area contributed by atoms with Crippen LogP contribution in [-0.2, 0) is 0 Å². The molecule has 88 valence electrons. The van der Waals surface area contributed by atoms with E-state index in [2.05, 4.69) is 4.98 Å². The van der Waals surface area contributed by atoms with E-state index in [1.54, 1.807) is 18.3 Å². The van der Waals surface area contributed by atoms with Gasteiger partial charge in [0.15, 0.2) is 0 Å². The minimum absolute atomic E-state index is 0.0555. The summed E-state index contributed by atoms with van der Waals surface area (Å²) in [4.78, 5) is 3.88. The number of aromatic nitrogens is 1. The SMILES string of the molecule is NC(c1cccnc1)c1cc(F)c(Cl)cc1F. The van der Waals surface area contributed by atoms with Gasteiger partial charge in [-0.2, -0.15) is 0 Å². The van der Waals surface area contributed by atoms with Crippen LogP contribution in [0.2, 0.25) is 5.02 Å². The number of halogens is 3. The fraction of sp³-hybridized carbons (Fsp3) is 0.0833. The lowest BCUT2D eigenvalue weighted by molar-refractivity contribution is 0.577. The van der Waals surface area contributed by atoms with E-state index in [-0.39, 0.29) is 10.6 Å². The van der Waals surface area contributed by atoms with Gasteiger partial charge in [0, 0.05) is 18.0 Å². The Morgan fingerprint density at radius 1 is 1.24 bits per heavy atom. The Kier molecular flexibility index (Phi) is 3.36. The maximum atomic E-state index is 13.6. The number of rotatable bonds is 2. The van der Waals surface area contributed by atoms with Crippen LogP contribution >= 0.6 is 11.6 Å². The minimum atomic E-state index is -0.768. The summed E-state index contributed by atoms with van der Waals surface area (Å²) < 4.78 is 26.9. The Labute approximate surface area is 102 Å². The molecule has 0 saturated carbocycles. The van der Waals surface area contributed by atoms with Crippen LogP contribution in [0.3, 0.4) is 0 Å². The van der Waals surface area contributed by atoms with Gasteiger partial charge in [-0.15, -0.1) is 0 Å². The van der Waals surface area contributed by atoms with E-state index in [0.29, 0.717) is 5.56 Å². The summed E-state index contributed by atoms with van der Waals surface area (Å²) in [6.07, 6.45) is 3.09. The van der Waals surface area contributed by atoms with Crippen molar-refractivity contribution >= 4 is 11.6 Å². The van der Waals surface area contributed by atoms with Gasteiger partial charge in [0.05, 0.1) is 11.1 Å². The lowest BCUT2D eigenvalue weighted by atomic mass is 10.0. The monoisotopic (exact) mass is 254 g/mol. The predicted octanol–water partition coefficient (Wildman–Crippen LogP) is 3.06. The fourth-order valence-electron chi connectivity index (χ4n) is 1.52. The van der Waals surface area contributed by atoms with Crippen molar-refractivity contribution in [3.63, 3.8) is 0 Å². The quantitative estimate of drug-likeness (QED) is 0.837. The van der Waals surface area contributed by atoms with Crippen molar-refractivity contribution in [3.8, 4) is 0 Å². The highest BCUT2D eigenvalue weighted by Crippen LogP contribution is 2.26. The van der Waals surface area contributed by atoms with Gasteiger partial charge in [-0.05, 0) is 23.8 Å². The van der Waals surface area contributed by atoms with Gasteiger partial charge >= 0.3 is 0 Å². The van der Waals surface area contributed by atoms with Crippen molar-refractivity contribution in [3.05, 3.63) is 64.4 Å². The van der Waals surface area contributed by atoms with E-state index < -0.39 is 17.7 Å². The molecule has 1 unspecified atom stereocenters. The van der Waals surface area contributed by atoms with Gasteiger partial charge in [0.2, 0.25) is 0 Å². The topological polar surface area (TPSA) is 38.9 Å². The molecule has 5 heteroatoms. The molecule has 2 nitrogen and oxygen atoms in total. The molecule has 1 aromatic heterocycles. The molecule has 1 aromatic carbocycles. The first-order chi connectivity index (χ1) is 8.09. The third kappa shape index (κ3) is 2.43. The minimum Gasteiger partial charge on any atom is -0.320 e. The second-order valence-corrected chi connectivity index (χ2v) is 3.96. The van der Waals surface area contributed by atoms with Gasteiger partial charge in [0.25, 0.3) is 0 Å². The molecule has 17 heavy (non-hydrogen) atoms. The second kappa shape index (κ2) is 4.77. The summed E-state index contributed by atoms with van der Waals surface area (Å²) in [5, 5.41) is -0.260. The van der Waals surface area contributed by atoms with Crippen molar-refractivity contribution in [2.45, 2.75) is 6.04 Å². The first-order valence-electron chi connectivity index (χ1n) is 4.89. The van der Waals surface area contributed by atoms with Crippen LogP contribution in [-0.4, -0.2) is 4.98 Å². The summed E-state index contributed by atoms with van der Waals surface area (Å²) in [7, 11) is 0. The first kappa shape index (κ1) is 12.0. The number of hydrogen-bond acceptors (Lipinski definition) is 2. The molecule has 0 saturated heterocycles. The Morgan fingerprint density at radius 2 is 2.00 bits per heavy atom. The average molecular weight is 255 g/mol. The zero-order chi connectivity index (χ0) is 12.4. The van der Waals surface area contributed by atoms with Crippen molar-refractivity contribution in [1.29, 1.82) is 0 Å². The molecule has 2 rings (SSSR count). The van der Waals surface area contributed by atoms with Gasteiger partial charge in [-0.1, -0.05) is 17.7 Å². The lowest BCUT2D eigenvalue weighted by Gasteiger charge is -2.13. The lowest BCUT2D eigenvalue weighted by Crippen LogP contribution is -2.14. The molecule has 2 N–H and O–H groups in total. The van der Waals surface area contributed by atoms with Crippen LogP contribution < -0.4 is 5.73 Å². The molecule has 1 atom stereocenters. The molecule has 1 heterocycles. The van der Waals surface area contributed by atoms with Crippen molar-refractivity contribution in [2.24, 2.45) is 5.73 Å². The maximum absolute atomic E-state index is 13.6. The standard InChI is InChI=1S/C12H9ClF2N2/c13-9-5-10(14)8(4-11(9)15)12(16)7-2-1-3-17-6-7/h1-6,12H,16H2. The number of nitrogens with zero attached hydrogens (tertiary/aromatic N) is 1. The van der Waals surface area contributed by atoms with E-state index in [1.807, 2.05) is 0 Å². The summed E-state index contributed by atoms with van der Waals surface area (Å²) in [5.74, 6) is -1.32. The van der Waals surface area contributed by atoms with Gasteiger partial charge in [-0.25, -0.2) is 8.78 Å². The van der Waals surface area contributed by atoms with Crippen LogP contribution in [0.4, 0.5) is 8.78 Å². The molecule has 0 fully saturated rings. The van der Waals surface area contributed by atoms with Gasteiger partial charge in [-0.3, -0.25) is 4.98 Å². The van der Waals surface area contributed by atoms with Crippen LogP contribution in [0, 0.1) is 11.6 Å². The number of pyridine rings is 1. The molecule has 0 spiro atoms. The Balaban J connectivity index is 2.44. The maximum Gasteiger partial charge on any atom is 0.142 e. The molecule has 0 bridgehead atoms. The Morgan fingerprint density at radius 3 is 2.65 bits per heavy atom. The summed E-state index contributed by atoms with van der Waals surface area (Å²) in [5.41, 5.74) is 6.51. The van der Waals surface area contributed by atoms with E-state index in [0.717, 1.165) is 12.1 Å². The Hall–Kier alpha value is -1.52. The normalized spacial score (nSPS) is 12.5. The number of hydrogen-bond donors (Lipinski definition) is 1. The molecule has 0 aliphatic carbocycles. The second-order valence-electron chi connectivity index (χ2n) is 3.55. The van der Waals surface area contributed by atoms with Crippen LogP contribution in [0.15, 0.2) is 36.7 Å². The molecule has 0 aliphatic heterocycles. The summed E-state index contributed by atoms with van der Waals surface area (Å²) in [6.45, 7) is 0. The molecule has 0 radical (unpaired) electrons. The molecular formula is C12H9ClF2N2. The van der Waals surface area contributed by atoms with Crippen LogP contribution in [0.25, 0.3) is 0 Å². The third-order valence-corrected chi connectivity index (χ3v) is 2.71. The van der Waals surface area contributed by atoms with Crippen molar-refractivity contribution in [2.75, 3.05) is 0 Å². The highest BCUT2D eigenvalue weighted by Gasteiger charge is 2.16. The van der Waals surface area contributed by atoms with Gasteiger partial charge in [0.1, 0.15) is 11.6 Å².